The van der Waals surface area contributed by atoms with Crippen molar-refractivity contribution in [3.05, 3.63) is 88.0 Å². The van der Waals surface area contributed by atoms with E-state index in [1.165, 1.54) is 0 Å². The van der Waals surface area contributed by atoms with E-state index in [1.807, 2.05) is 41.1 Å². The highest BCUT2D eigenvalue weighted by molar-refractivity contribution is 14.1. The zero-order chi connectivity index (χ0) is 23.5. The van der Waals surface area contributed by atoms with Crippen LogP contribution in [-0.2, 0) is 11.3 Å². The van der Waals surface area contributed by atoms with Gasteiger partial charge in [-0.2, -0.15) is 5.10 Å². The highest BCUT2D eigenvalue weighted by Crippen LogP contribution is 2.29. The van der Waals surface area contributed by atoms with Crippen LogP contribution in [0.5, 0.6) is 5.75 Å². The summed E-state index contributed by atoms with van der Waals surface area (Å²) < 4.78 is 15.2. The molecule has 0 saturated carbocycles. The first-order valence-corrected chi connectivity index (χ1v) is 11.8. The molecule has 0 fully saturated rings. The number of benzene rings is 2. The number of rotatable bonds is 8. The molecule has 0 bridgehead atoms. The molecular weight excluding hydrogens is 545 g/mol. The Morgan fingerprint density at radius 1 is 1.09 bits per heavy atom. The van der Waals surface area contributed by atoms with Gasteiger partial charge >= 0.3 is 0 Å². The third-order valence-corrected chi connectivity index (χ3v) is 6.19. The quantitative estimate of drug-likeness (QED) is 0.219. The number of hydrogen-bond donors (Lipinski definition) is 1. The first kappa shape index (κ1) is 22.4. The minimum absolute atomic E-state index is 0.250. The molecular formula is C25H22IN5O3. The molecule has 9 heteroatoms. The van der Waals surface area contributed by atoms with Crippen LogP contribution >= 0.6 is 22.6 Å². The van der Waals surface area contributed by atoms with E-state index in [4.69, 9.17) is 14.6 Å². The summed E-state index contributed by atoms with van der Waals surface area (Å²) in [7, 11) is 1.63. The lowest BCUT2D eigenvalue weighted by Crippen LogP contribution is -2.14. The minimum Gasteiger partial charge on any atom is -0.491 e. The Morgan fingerprint density at radius 3 is 2.76 bits per heavy atom. The van der Waals surface area contributed by atoms with Crippen LogP contribution in [0.4, 0.5) is 5.69 Å². The zero-order valence-electron chi connectivity index (χ0n) is 18.4. The Labute approximate surface area is 209 Å². The number of halogens is 1. The maximum absolute atomic E-state index is 13.2. The van der Waals surface area contributed by atoms with Crippen molar-refractivity contribution in [1.29, 1.82) is 0 Å². The van der Waals surface area contributed by atoms with Crippen molar-refractivity contribution in [2.24, 2.45) is 0 Å². The summed E-state index contributed by atoms with van der Waals surface area (Å²) in [4.78, 5) is 17.6. The van der Waals surface area contributed by atoms with Crippen molar-refractivity contribution >= 4 is 50.7 Å². The van der Waals surface area contributed by atoms with Crippen LogP contribution in [0, 0.1) is 3.70 Å². The second-order valence-corrected chi connectivity index (χ2v) is 8.69. The fourth-order valence-corrected chi connectivity index (χ4v) is 4.64. The second-order valence-electron chi connectivity index (χ2n) is 7.66. The van der Waals surface area contributed by atoms with Crippen molar-refractivity contribution in [1.82, 2.24) is 19.2 Å². The molecule has 3 aromatic heterocycles. The lowest BCUT2D eigenvalue weighted by Gasteiger charge is -2.09. The lowest BCUT2D eigenvalue weighted by molar-refractivity contribution is 0.102. The number of carbonyl (C=O) groups excluding carboxylic acids is 1. The van der Waals surface area contributed by atoms with E-state index in [1.54, 1.807) is 36.0 Å². The number of methoxy groups -OCH3 is 1. The van der Waals surface area contributed by atoms with E-state index in [-0.39, 0.29) is 5.91 Å². The van der Waals surface area contributed by atoms with Crippen molar-refractivity contribution in [3.63, 3.8) is 0 Å². The van der Waals surface area contributed by atoms with Gasteiger partial charge in [-0.05, 0) is 46.4 Å². The molecule has 0 unspecified atom stereocenters. The lowest BCUT2D eigenvalue weighted by atomic mass is 10.2. The Kier molecular flexibility index (Phi) is 6.45. The summed E-state index contributed by atoms with van der Waals surface area (Å²) in [6.45, 7) is 1.60. The number of anilines is 1. The predicted octanol–water partition coefficient (Wildman–Crippen LogP) is 4.61. The van der Waals surface area contributed by atoms with Crippen LogP contribution in [0.25, 0.3) is 16.6 Å². The van der Waals surface area contributed by atoms with Crippen molar-refractivity contribution in [2.75, 3.05) is 25.6 Å². The molecule has 8 nitrogen and oxygen atoms in total. The average Bonchev–Trinajstić information content (AvgIpc) is 3.41. The highest BCUT2D eigenvalue weighted by Gasteiger charge is 2.17. The normalized spacial score (nSPS) is 11.2. The highest BCUT2D eigenvalue weighted by atomic mass is 127. The second kappa shape index (κ2) is 9.82. The summed E-state index contributed by atoms with van der Waals surface area (Å²) >= 11 is 2.22. The van der Waals surface area contributed by atoms with Crippen molar-refractivity contribution in [3.8, 4) is 5.75 Å². The number of carbonyl (C=O) groups is 1. The van der Waals surface area contributed by atoms with Gasteiger partial charge in [0.1, 0.15) is 27.4 Å². The molecule has 1 amide bonds. The minimum atomic E-state index is -0.250. The SMILES string of the molecule is COCCOc1ccn2c(C(=O)Nc3cccc4c3c(I)nn4Cc3ccccc3)cnc2c1. The van der Waals surface area contributed by atoms with Crippen LogP contribution in [0.15, 0.2) is 73.1 Å². The van der Waals surface area contributed by atoms with Gasteiger partial charge in [-0.15, -0.1) is 0 Å². The summed E-state index contributed by atoms with van der Waals surface area (Å²) in [6.07, 6.45) is 3.34. The van der Waals surface area contributed by atoms with Crippen molar-refractivity contribution < 1.29 is 14.3 Å². The van der Waals surface area contributed by atoms with Gasteiger partial charge in [-0.1, -0.05) is 36.4 Å². The molecule has 2 aromatic carbocycles. The first-order valence-electron chi connectivity index (χ1n) is 10.7. The third-order valence-electron chi connectivity index (χ3n) is 5.43. The van der Waals surface area contributed by atoms with Crippen LogP contribution in [0.2, 0.25) is 0 Å². The number of ether oxygens (including phenoxy) is 2. The Balaban J connectivity index is 1.41. The van der Waals surface area contributed by atoms with Crippen LogP contribution < -0.4 is 10.1 Å². The zero-order valence-corrected chi connectivity index (χ0v) is 20.6. The topological polar surface area (TPSA) is 82.7 Å². The predicted molar refractivity (Wildman–Crippen MR) is 139 cm³/mol. The Morgan fingerprint density at radius 2 is 1.94 bits per heavy atom. The number of nitrogens with one attached hydrogen (secondary N) is 1. The van der Waals surface area contributed by atoms with Crippen LogP contribution in [0.3, 0.4) is 0 Å². The molecule has 0 atom stereocenters. The number of nitrogens with zero attached hydrogens (tertiary/aromatic N) is 4. The molecule has 0 aliphatic rings. The van der Waals surface area contributed by atoms with Crippen molar-refractivity contribution in [2.45, 2.75) is 6.54 Å². The maximum Gasteiger partial charge on any atom is 0.274 e. The number of aromatic nitrogens is 4. The molecule has 172 valence electrons. The monoisotopic (exact) mass is 567 g/mol. The molecule has 0 aliphatic carbocycles. The number of hydrogen-bond acceptors (Lipinski definition) is 5. The molecule has 0 aliphatic heterocycles. The van der Waals surface area contributed by atoms with Crippen LogP contribution in [-0.4, -0.2) is 45.4 Å². The van der Waals surface area contributed by atoms with Gasteiger partial charge < -0.3 is 14.8 Å². The molecule has 0 radical (unpaired) electrons. The molecule has 5 aromatic rings. The third kappa shape index (κ3) is 4.48. The molecule has 34 heavy (non-hydrogen) atoms. The van der Waals surface area contributed by atoms with E-state index in [2.05, 4.69) is 45.0 Å². The average molecular weight is 567 g/mol. The standard InChI is InChI=1S/C25H22IN5O3/c1-33-12-13-34-18-10-11-30-21(15-27-22(30)14-18)25(32)28-19-8-5-9-20-23(19)24(26)29-31(20)16-17-6-3-2-4-7-17/h2-11,14-15H,12-13,16H2,1H3,(H,28,32). The van der Waals surface area contributed by atoms with Gasteiger partial charge in [0, 0.05) is 19.4 Å². The van der Waals surface area contributed by atoms with E-state index in [0.717, 1.165) is 20.2 Å². The largest absolute Gasteiger partial charge is 0.491 e. The molecule has 3 heterocycles. The van der Waals surface area contributed by atoms with E-state index in [9.17, 15) is 4.79 Å². The smallest absolute Gasteiger partial charge is 0.274 e. The van der Waals surface area contributed by atoms with Gasteiger partial charge in [-0.3, -0.25) is 13.9 Å². The Hall–Kier alpha value is -3.44. The summed E-state index contributed by atoms with van der Waals surface area (Å²) in [5.74, 6) is 0.423. The van der Waals surface area contributed by atoms with E-state index >= 15 is 0 Å². The van der Waals surface area contributed by atoms with Gasteiger partial charge in [0.05, 0.1) is 35.9 Å². The first-order chi connectivity index (χ1) is 16.6. The molecule has 5 rings (SSSR count). The summed E-state index contributed by atoms with van der Waals surface area (Å²) in [5.41, 5.74) is 3.89. The summed E-state index contributed by atoms with van der Waals surface area (Å²) in [5, 5.41) is 8.68. The number of imidazole rings is 1. The number of fused-ring (bicyclic) bond motifs is 2. The molecule has 0 saturated heterocycles. The number of pyridine rings is 1. The molecule has 0 spiro atoms. The Bertz CT molecular complexity index is 1460. The van der Waals surface area contributed by atoms with Gasteiger partial charge in [0.15, 0.2) is 0 Å². The fourth-order valence-electron chi connectivity index (χ4n) is 3.81. The van der Waals surface area contributed by atoms with E-state index in [0.29, 0.717) is 42.5 Å². The number of amides is 1. The van der Waals surface area contributed by atoms with Gasteiger partial charge in [-0.25, -0.2) is 4.98 Å². The molecule has 1 N–H and O–H groups in total. The fraction of sp³-hybridized carbons (Fsp3) is 0.160. The van der Waals surface area contributed by atoms with Crippen LogP contribution in [0.1, 0.15) is 16.1 Å². The van der Waals surface area contributed by atoms with E-state index < -0.39 is 0 Å². The van der Waals surface area contributed by atoms with Gasteiger partial charge in [0.2, 0.25) is 0 Å². The maximum atomic E-state index is 13.2. The summed E-state index contributed by atoms with van der Waals surface area (Å²) in [6, 6.07) is 19.6. The van der Waals surface area contributed by atoms with Gasteiger partial charge in [0.25, 0.3) is 5.91 Å².